The summed E-state index contributed by atoms with van der Waals surface area (Å²) in [5.41, 5.74) is 3.34. The minimum absolute atomic E-state index is 0.208. The number of imidazole rings is 1. The third-order valence-corrected chi connectivity index (χ3v) is 5.20. The first-order valence-electron chi connectivity index (χ1n) is 8.33. The molecule has 1 amide bonds. The number of carbonyl (C=O) groups excluding carboxylic acids is 1. The van der Waals surface area contributed by atoms with Crippen LogP contribution >= 0.6 is 11.3 Å². The zero-order chi connectivity index (χ0) is 18.2. The molecule has 3 aromatic heterocycles. The molecule has 1 N–H and O–H groups in total. The highest BCUT2D eigenvalue weighted by atomic mass is 32.1. The van der Waals surface area contributed by atoms with Crippen molar-refractivity contribution in [3.63, 3.8) is 0 Å². The van der Waals surface area contributed by atoms with Crippen molar-refractivity contribution in [1.82, 2.24) is 19.4 Å². The smallest absolute Gasteiger partial charge is 0.284 e. The standard InChI is InChI=1S/C20H13N5OS/c26-18(19-23-15-4-1-2-5-17(15)27-19)22-14-8-6-13(7-9-14)16-12-25-11-3-10-21-20(25)24-16/h1-12H,(H,22,26). The average Bonchev–Trinajstić information content (AvgIpc) is 3.32. The number of fused-ring (bicyclic) bond motifs is 2. The molecule has 0 bridgehead atoms. The first kappa shape index (κ1) is 15.7. The van der Waals surface area contributed by atoms with E-state index < -0.39 is 0 Å². The van der Waals surface area contributed by atoms with Gasteiger partial charge in [-0.25, -0.2) is 15.0 Å². The van der Waals surface area contributed by atoms with Gasteiger partial charge in [0.05, 0.1) is 15.9 Å². The predicted octanol–water partition coefficient (Wildman–Crippen LogP) is 4.26. The lowest BCUT2D eigenvalue weighted by atomic mass is 10.1. The lowest BCUT2D eigenvalue weighted by Gasteiger charge is -2.03. The van der Waals surface area contributed by atoms with Crippen LogP contribution in [0.1, 0.15) is 9.80 Å². The van der Waals surface area contributed by atoms with Crippen LogP contribution < -0.4 is 5.32 Å². The van der Waals surface area contributed by atoms with Crippen molar-refractivity contribution < 1.29 is 4.79 Å². The molecule has 0 saturated heterocycles. The van der Waals surface area contributed by atoms with E-state index >= 15 is 0 Å². The summed E-state index contributed by atoms with van der Waals surface area (Å²) < 4.78 is 2.87. The summed E-state index contributed by atoms with van der Waals surface area (Å²) in [6.07, 6.45) is 5.55. The maximum Gasteiger partial charge on any atom is 0.284 e. The number of carbonyl (C=O) groups is 1. The minimum atomic E-state index is -0.208. The van der Waals surface area contributed by atoms with Gasteiger partial charge in [-0.05, 0) is 30.3 Å². The highest BCUT2D eigenvalue weighted by Crippen LogP contribution is 2.24. The fraction of sp³-hybridized carbons (Fsp3) is 0. The van der Waals surface area contributed by atoms with Gasteiger partial charge < -0.3 is 5.32 Å². The van der Waals surface area contributed by atoms with Crippen molar-refractivity contribution in [2.75, 3.05) is 5.32 Å². The van der Waals surface area contributed by atoms with Crippen LogP contribution in [0.5, 0.6) is 0 Å². The van der Waals surface area contributed by atoms with E-state index in [1.165, 1.54) is 11.3 Å². The third-order valence-electron chi connectivity index (χ3n) is 4.16. The summed E-state index contributed by atoms with van der Waals surface area (Å²) in [6, 6.07) is 17.1. The number of hydrogen-bond acceptors (Lipinski definition) is 5. The Hall–Kier alpha value is -3.58. The van der Waals surface area contributed by atoms with Crippen LogP contribution in [0.4, 0.5) is 5.69 Å². The molecule has 0 aliphatic rings. The molecule has 5 rings (SSSR count). The second kappa shape index (κ2) is 6.30. The first-order valence-corrected chi connectivity index (χ1v) is 9.15. The first-order chi connectivity index (χ1) is 13.3. The zero-order valence-electron chi connectivity index (χ0n) is 14.0. The molecular formula is C20H13N5OS. The summed E-state index contributed by atoms with van der Waals surface area (Å²) in [6.45, 7) is 0. The van der Waals surface area contributed by atoms with E-state index in [1.54, 1.807) is 6.20 Å². The summed E-state index contributed by atoms with van der Waals surface area (Å²) in [5, 5.41) is 3.35. The number of aromatic nitrogens is 4. The van der Waals surface area contributed by atoms with E-state index in [-0.39, 0.29) is 5.91 Å². The number of rotatable bonds is 3. The lowest BCUT2D eigenvalue weighted by molar-refractivity contribution is 0.102. The van der Waals surface area contributed by atoms with Crippen LogP contribution in [0.3, 0.4) is 0 Å². The zero-order valence-corrected chi connectivity index (χ0v) is 14.9. The largest absolute Gasteiger partial charge is 0.320 e. The van der Waals surface area contributed by atoms with Crippen LogP contribution in [0.25, 0.3) is 27.3 Å². The maximum absolute atomic E-state index is 12.5. The number of hydrogen-bond donors (Lipinski definition) is 1. The van der Waals surface area contributed by atoms with E-state index in [4.69, 9.17) is 0 Å². The van der Waals surface area contributed by atoms with E-state index in [1.807, 2.05) is 71.4 Å². The van der Waals surface area contributed by atoms with Gasteiger partial charge in [-0.15, -0.1) is 11.3 Å². The van der Waals surface area contributed by atoms with Crippen LogP contribution in [0, 0.1) is 0 Å². The van der Waals surface area contributed by atoms with Crippen molar-refractivity contribution in [2.24, 2.45) is 0 Å². The Morgan fingerprint density at radius 2 is 1.85 bits per heavy atom. The Morgan fingerprint density at radius 3 is 2.67 bits per heavy atom. The number of nitrogens with zero attached hydrogens (tertiary/aromatic N) is 4. The van der Waals surface area contributed by atoms with Gasteiger partial charge in [-0.1, -0.05) is 24.3 Å². The molecule has 0 radical (unpaired) electrons. The fourth-order valence-electron chi connectivity index (χ4n) is 2.85. The second-order valence-corrected chi connectivity index (χ2v) is 7.00. The minimum Gasteiger partial charge on any atom is -0.320 e. The van der Waals surface area contributed by atoms with Crippen molar-refractivity contribution in [3.8, 4) is 11.3 Å². The van der Waals surface area contributed by atoms with Crippen LogP contribution in [-0.4, -0.2) is 25.3 Å². The molecule has 0 atom stereocenters. The van der Waals surface area contributed by atoms with Gasteiger partial charge in [0.2, 0.25) is 5.78 Å². The molecule has 2 aromatic carbocycles. The molecule has 27 heavy (non-hydrogen) atoms. The molecule has 6 nitrogen and oxygen atoms in total. The number of nitrogens with one attached hydrogen (secondary N) is 1. The molecule has 0 spiro atoms. The number of amides is 1. The van der Waals surface area contributed by atoms with Gasteiger partial charge in [-0.2, -0.15) is 0 Å². The molecule has 3 heterocycles. The van der Waals surface area contributed by atoms with Crippen molar-refractivity contribution in [2.45, 2.75) is 0 Å². The van der Waals surface area contributed by atoms with Crippen LogP contribution in [0.15, 0.2) is 73.2 Å². The Morgan fingerprint density at radius 1 is 1.00 bits per heavy atom. The summed E-state index contributed by atoms with van der Waals surface area (Å²) in [4.78, 5) is 25.6. The number of thiazole rings is 1. The Kier molecular flexibility index (Phi) is 3.65. The quantitative estimate of drug-likeness (QED) is 0.514. The van der Waals surface area contributed by atoms with E-state index in [0.717, 1.165) is 21.5 Å². The topological polar surface area (TPSA) is 72.2 Å². The van der Waals surface area contributed by atoms with E-state index in [9.17, 15) is 4.79 Å². The van der Waals surface area contributed by atoms with Crippen LogP contribution in [0.2, 0.25) is 0 Å². The van der Waals surface area contributed by atoms with Gasteiger partial charge in [0.25, 0.3) is 5.91 Å². The van der Waals surface area contributed by atoms with Gasteiger partial charge in [0.1, 0.15) is 0 Å². The van der Waals surface area contributed by atoms with Crippen LogP contribution in [-0.2, 0) is 0 Å². The van der Waals surface area contributed by atoms with Gasteiger partial charge in [0, 0.05) is 29.8 Å². The molecule has 0 aliphatic heterocycles. The van der Waals surface area contributed by atoms with E-state index in [0.29, 0.717) is 16.5 Å². The second-order valence-electron chi connectivity index (χ2n) is 5.97. The predicted molar refractivity (Wildman–Crippen MR) is 106 cm³/mol. The molecule has 130 valence electrons. The number of benzene rings is 2. The summed E-state index contributed by atoms with van der Waals surface area (Å²) in [5.74, 6) is 0.446. The van der Waals surface area contributed by atoms with E-state index in [2.05, 4.69) is 20.3 Å². The monoisotopic (exact) mass is 371 g/mol. The molecule has 0 aliphatic carbocycles. The fourth-order valence-corrected chi connectivity index (χ4v) is 3.71. The number of para-hydroxylation sites is 1. The molecular weight excluding hydrogens is 358 g/mol. The average molecular weight is 371 g/mol. The maximum atomic E-state index is 12.5. The molecule has 0 unspecified atom stereocenters. The van der Waals surface area contributed by atoms with Crippen molar-refractivity contribution >= 4 is 38.9 Å². The summed E-state index contributed by atoms with van der Waals surface area (Å²) >= 11 is 1.38. The Bertz CT molecular complexity index is 1210. The molecule has 7 heteroatoms. The SMILES string of the molecule is O=C(Nc1ccc(-c2cn3cccnc3n2)cc1)c1nc2ccccc2s1. The highest BCUT2D eigenvalue weighted by molar-refractivity contribution is 7.20. The lowest BCUT2D eigenvalue weighted by Crippen LogP contribution is -2.11. The van der Waals surface area contributed by atoms with Crippen molar-refractivity contribution in [3.05, 3.63) is 78.2 Å². The molecule has 0 fully saturated rings. The van der Waals surface area contributed by atoms with Gasteiger partial charge >= 0.3 is 0 Å². The highest BCUT2D eigenvalue weighted by Gasteiger charge is 2.12. The normalized spacial score (nSPS) is 11.1. The van der Waals surface area contributed by atoms with Gasteiger partial charge in [0.15, 0.2) is 5.01 Å². The van der Waals surface area contributed by atoms with Crippen molar-refractivity contribution in [1.29, 1.82) is 0 Å². The summed E-state index contributed by atoms with van der Waals surface area (Å²) in [7, 11) is 0. The Balaban J connectivity index is 1.37. The third kappa shape index (κ3) is 2.94. The Labute approximate surface area is 158 Å². The molecule has 5 aromatic rings. The molecule has 0 saturated carbocycles. The number of anilines is 1. The van der Waals surface area contributed by atoms with Gasteiger partial charge in [-0.3, -0.25) is 9.20 Å².